The number of rotatable bonds is 3. The lowest BCUT2D eigenvalue weighted by atomic mass is 9.69. The van der Waals surface area contributed by atoms with E-state index in [1.807, 2.05) is 6.92 Å². The van der Waals surface area contributed by atoms with Gasteiger partial charge in [0, 0.05) is 0 Å². The maximum Gasteiger partial charge on any atom is 0.324 e. The molecule has 0 aromatic rings. The predicted octanol–water partition coefficient (Wildman–Crippen LogP) is 4.01. The van der Waals surface area contributed by atoms with Crippen LogP contribution in [0.5, 0.6) is 0 Å². The molecule has 0 bridgehead atoms. The van der Waals surface area contributed by atoms with Gasteiger partial charge in [0.2, 0.25) is 0 Å². The Morgan fingerprint density at radius 3 is 2.24 bits per heavy atom. The first kappa shape index (κ1) is 14.8. The summed E-state index contributed by atoms with van der Waals surface area (Å²) in [7, 11) is 0. The maximum absolute atomic E-state index is 11.6. The fourth-order valence-corrected chi connectivity index (χ4v) is 3.01. The smallest absolute Gasteiger partial charge is 0.324 e. The number of ether oxygens (including phenoxy) is 1. The van der Waals surface area contributed by atoms with E-state index in [-0.39, 0.29) is 5.97 Å². The molecule has 1 atom stereocenters. The molecule has 100 valence electrons. The predicted molar refractivity (Wildman–Crippen MR) is 71.2 cm³/mol. The van der Waals surface area contributed by atoms with Crippen LogP contribution in [0.2, 0.25) is 0 Å². The summed E-state index contributed by atoms with van der Waals surface area (Å²) in [6.07, 6.45) is 4.46. The van der Waals surface area contributed by atoms with E-state index in [0.717, 1.165) is 18.8 Å². The molecule has 0 heterocycles. The summed E-state index contributed by atoms with van der Waals surface area (Å²) in [6, 6.07) is 0. The van der Waals surface area contributed by atoms with Crippen molar-refractivity contribution in [3.05, 3.63) is 0 Å². The van der Waals surface area contributed by atoms with Crippen LogP contribution in [0.1, 0.15) is 53.4 Å². The van der Waals surface area contributed by atoms with Gasteiger partial charge in [-0.3, -0.25) is 4.79 Å². The highest BCUT2D eigenvalue weighted by molar-refractivity contribution is 6.30. The van der Waals surface area contributed by atoms with Crippen molar-refractivity contribution >= 4 is 17.6 Å². The average molecular weight is 261 g/mol. The van der Waals surface area contributed by atoms with E-state index in [1.54, 1.807) is 0 Å². The number of carbonyl (C=O) groups is 1. The van der Waals surface area contributed by atoms with Crippen LogP contribution >= 0.6 is 11.6 Å². The second-order valence-corrected chi connectivity index (χ2v) is 6.60. The van der Waals surface area contributed by atoms with E-state index in [2.05, 4.69) is 20.8 Å². The summed E-state index contributed by atoms with van der Waals surface area (Å²) >= 11 is 6.18. The zero-order valence-electron chi connectivity index (χ0n) is 11.5. The molecular weight excluding hydrogens is 236 g/mol. The van der Waals surface area contributed by atoms with E-state index >= 15 is 0 Å². The van der Waals surface area contributed by atoms with Gasteiger partial charge in [-0.25, -0.2) is 0 Å². The van der Waals surface area contributed by atoms with E-state index < -0.39 is 5.38 Å². The summed E-state index contributed by atoms with van der Waals surface area (Å²) in [5.41, 5.74) is 0.372. The minimum absolute atomic E-state index is 0.242. The van der Waals surface area contributed by atoms with Gasteiger partial charge in [0.1, 0.15) is 5.38 Å². The Morgan fingerprint density at radius 1 is 1.29 bits per heavy atom. The fraction of sp³-hybridized carbons (Fsp3) is 0.929. The molecule has 1 fully saturated rings. The Labute approximate surface area is 110 Å². The molecule has 17 heavy (non-hydrogen) atoms. The summed E-state index contributed by atoms with van der Waals surface area (Å²) < 4.78 is 4.98. The second kappa shape index (κ2) is 6.08. The number of alkyl halides is 1. The van der Waals surface area contributed by atoms with E-state index in [9.17, 15) is 4.79 Å². The van der Waals surface area contributed by atoms with Gasteiger partial charge in [0.05, 0.1) is 6.61 Å². The van der Waals surface area contributed by atoms with Crippen LogP contribution in [0.3, 0.4) is 0 Å². The lowest BCUT2D eigenvalue weighted by Gasteiger charge is -2.37. The lowest BCUT2D eigenvalue weighted by Crippen LogP contribution is -2.33. The summed E-state index contributed by atoms with van der Waals surface area (Å²) in [4.78, 5) is 11.6. The molecule has 0 aliphatic heterocycles. The van der Waals surface area contributed by atoms with Gasteiger partial charge in [-0.2, -0.15) is 0 Å². The quantitative estimate of drug-likeness (QED) is 0.566. The Balaban J connectivity index is 2.44. The summed E-state index contributed by atoms with van der Waals surface area (Å²) in [6.45, 7) is 9.11. The maximum atomic E-state index is 11.6. The zero-order valence-corrected chi connectivity index (χ0v) is 12.2. The van der Waals surface area contributed by atoms with Gasteiger partial charge < -0.3 is 4.74 Å². The molecule has 0 spiro atoms. The Hall–Kier alpha value is -0.240. The molecular formula is C14H25ClO2. The SMILES string of the molecule is CCOC(=O)C(Cl)C1CCC(C(C)(C)C)CC1. The molecule has 2 nitrogen and oxygen atoms in total. The van der Waals surface area contributed by atoms with Crippen molar-refractivity contribution in [2.24, 2.45) is 17.3 Å². The molecule has 1 saturated carbocycles. The van der Waals surface area contributed by atoms with Crippen LogP contribution < -0.4 is 0 Å². The minimum atomic E-state index is -0.448. The number of esters is 1. The minimum Gasteiger partial charge on any atom is -0.465 e. The van der Waals surface area contributed by atoms with Crippen LogP contribution in [0.4, 0.5) is 0 Å². The van der Waals surface area contributed by atoms with Gasteiger partial charge in [-0.15, -0.1) is 11.6 Å². The topological polar surface area (TPSA) is 26.3 Å². The highest BCUT2D eigenvalue weighted by Gasteiger charge is 2.35. The first-order valence-electron chi connectivity index (χ1n) is 6.67. The average Bonchev–Trinajstić information content (AvgIpc) is 2.27. The fourth-order valence-electron chi connectivity index (χ4n) is 2.69. The standard InChI is InChI=1S/C14H25ClO2/c1-5-17-13(16)12(15)10-6-8-11(9-7-10)14(2,3)4/h10-12H,5-9H2,1-4H3. The van der Waals surface area contributed by atoms with E-state index in [0.29, 0.717) is 17.9 Å². The third-order valence-corrected chi connectivity index (χ3v) is 4.46. The van der Waals surface area contributed by atoms with Crippen LogP contribution in [-0.2, 0) is 9.53 Å². The molecule has 0 radical (unpaired) electrons. The van der Waals surface area contributed by atoms with Crippen molar-refractivity contribution in [3.63, 3.8) is 0 Å². The third kappa shape index (κ3) is 4.17. The zero-order chi connectivity index (χ0) is 13.1. The van der Waals surface area contributed by atoms with Crippen LogP contribution in [-0.4, -0.2) is 18.0 Å². The highest BCUT2D eigenvalue weighted by Crippen LogP contribution is 2.41. The number of hydrogen-bond donors (Lipinski definition) is 0. The van der Waals surface area contributed by atoms with Crippen molar-refractivity contribution in [1.82, 2.24) is 0 Å². The molecule has 1 aliphatic rings. The molecule has 3 heteroatoms. The van der Waals surface area contributed by atoms with Crippen LogP contribution in [0.15, 0.2) is 0 Å². The van der Waals surface area contributed by atoms with E-state index in [1.165, 1.54) is 12.8 Å². The van der Waals surface area contributed by atoms with Gasteiger partial charge in [0.15, 0.2) is 0 Å². The van der Waals surface area contributed by atoms with Crippen LogP contribution in [0.25, 0.3) is 0 Å². The molecule has 0 N–H and O–H groups in total. The molecule has 0 saturated heterocycles. The van der Waals surface area contributed by atoms with Crippen molar-refractivity contribution in [3.8, 4) is 0 Å². The van der Waals surface area contributed by atoms with E-state index in [4.69, 9.17) is 16.3 Å². The largest absolute Gasteiger partial charge is 0.465 e. The second-order valence-electron chi connectivity index (χ2n) is 6.13. The van der Waals surface area contributed by atoms with Gasteiger partial charge in [-0.1, -0.05) is 20.8 Å². The van der Waals surface area contributed by atoms with Crippen molar-refractivity contribution in [1.29, 1.82) is 0 Å². The Bertz CT molecular complexity index is 249. The third-order valence-electron chi connectivity index (χ3n) is 3.92. The van der Waals surface area contributed by atoms with Crippen molar-refractivity contribution in [2.75, 3.05) is 6.61 Å². The highest BCUT2D eigenvalue weighted by atomic mass is 35.5. The van der Waals surface area contributed by atoms with Crippen molar-refractivity contribution < 1.29 is 9.53 Å². The van der Waals surface area contributed by atoms with Crippen molar-refractivity contribution in [2.45, 2.75) is 58.8 Å². The molecule has 1 aliphatic carbocycles. The lowest BCUT2D eigenvalue weighted by molar-refractivity contribution is -0.144. The molecule has 0 aromatic heterocycles. The molecule has 1 unspecified atom stereocenters. The number of carbonyl (C=O) groups excluding carboxylic acids is 1. The molecule has 1 rings (SSSR count). The Morgan fingerprint density at radius 2 is 1.82 bits per heavy atom. The van der Waals surface area contributed by atoms with Gasteiger partial charge in [-0.05, 0) is 49.9 Å². The summed E-state index contributed by atoms with van der Waals surface area (Å²) in [5, 5.41) is -0.448. The first-order chi connectivity index (χ1) is 7.86. The summed E-state index contributed by atoms with van der Waals surface area (Å²) in [5.74, 6) is 0.813. The van der Waals surface area contributed by atoms with Gasteiger partial charge >= 0.3 is 5.97 Å². The normalized spacial score (nSPS) is 27.6. The Kier molecular flexibility index (Phi) is 5.30. The number of halogens is 1. The molecule has 0 amide bonds. The molecule has 0 aromatic carbocycles. The van der Waals surface area contributed by atoms with Crippen LogP contribution in [0, 0.1) is 17.3 Å². The first-order valence-corrected chi connectivity index (χ1v) is 7.10. The monoisotopic (exact) mass is 260 g/mol. The number of hydrogen-bond acceptors (Lipinski definition) is 2. The van der Waals surface area contributed by atoms with Gasteiger partial charge in [0.25, 0.3) is 0 Å².